The van der Waals surface area contributed by atoms with Crippen LogP contribution in [0.15, 0.2) is 30.5 Å². The largest absolute Gasteiger partial charge is 0.461 e. The molecule has 3 aliphatic heterocycles. The van der Waals surface area contributed by atoms with Gasteiger partial charge in [-0.3, -0.25) is 9.88 Å². The molecule has 0 radical (unpaired) electrons. The number of halogens is 4. The molecule has 0 unspecified atom stereocenters. The van der Waals surface area contributed by atoms with Crippen molar-refractivity contribution >= 4 is 52.9 Å². The van der Waals surface area contributed by atoms with E-state index in [0.717, 1.165) is 19.3 Å². The molecule has 4 fully saturated rings. The summed E-state index contributed by atoms with van der Waals surface area (Å²) in [7, 11) is -2.21. The van der Waals surface area contributed by atoms with Crippen LogP contribution in [-0.4, -0.2) is 77.5 Å². The first kappa shape index (κ1) is 36.7. The summed E-state index contributed by atoms with van der Waals surface area (Å²) in [6, 6.07) is 5.75. The van der Waals surface area contributed by atoms with Crippen LogP contribution in [0.2, 0.25) is 21.6 Å². The monoisotopic (exact) mass is 804 g/mol. The second-order valence-corrected chi connectivity index (χ2v) is 23.5. The number of hydrogen-bond donors (Lipinski definition) is 1. The lowest BCUT2D eigenvalue weighted by Crippen LogP contribution is -2.46. The van der Waals surface area contributed by atoms with Gasteiger partial charge in [-0.15, -0.1) is 5.54 Å². The van der Waals surface area contributed by atoms with Gasteiger partial charge in [0.15, 0.2) is 5.82 Å². The van der Waals surface area contributed by atoms with Gasteiger partial charge in [-0.1, -0.05) is 71.6 Å². The van der Waals surface area contributed by atoms with E-state index < -0.39 is 56.4 Å². The third kappa shape index (κ3) is 6.33. The van der Waals surface area contributed by atoms with Crippen molar-refractivity contribution in [3.8, 4) is 28.7 Å². The van der Waals surface area contributed by atoms with Crippen molar-refractivity contribution in [3.63, 3.8) is 0 Å². The Morgan fingerprint density at radius 1 is 1.07 bits per heavy atom. The second-order valence-electron chi connectivity index (χ2n) is 17.5. The van der Waals surface area contributed by atoms with Crippen LogP contribution in [0.3, 0.4) is 0 Å². The predicted octanol–water partition coefficient (Wildman–Crippen LogP) is 10.5. The lowest BCUT2D eigenvalue weighted by molar-refractivity contribution is 0.0879. The lowest BCUT2D eigenvalue weighted by atomic mass is 9.94. The van der Waals surface area contributed by atoms with E-state index in [1.165, 1.54) is 6.20 Å². The molecular weight excluding hydrogens is 749 g/mol. The Bertz CT molecular complexity index is 2320. The highest BCUT2D eigenvalue weighted by Crippen LogP contribution is 2.49. The molecule has 7 nitrogen and oxygen atoms in total. The van der Waals surface area contributed by atoms with Crippen molar-refractivity contribution in [1.29, 1.82) is 0 Å². The quantitative estimate of drug-likeness (QED) is 0.108. The van der Waals surface area contributed by atoms with E-state index in [4.69, 9.17) is 32.0 Å². The molecule has 0 amide bonds. The first-order valence-electron chi connectivity index (χ1n) is 21.4. The van der Waals surface area contributed by atoms with Gasteiger partial charge in [0, 0.05) is 47.8 Å². The van der Waals surface area contributed by atoms with Gasteiger partial charge in [0.05, 0.1) is 30.3 Å². The molecule has 12 heteroatoms. The summed E-state index contributed by atoms with van der Waals surface area (Å²) in [5, 5.41) is 1.99. The molecule has 2 N–H and O–H groups in total. The van der Waals surface area contributed by atoms with Crippen LogP contribution >= 0.6 is 11.6 Å². The fraction of sp³-hybridized carbons (Fsp3) is 0.568. The van der Waals surface area contributed by atoms with Gasteiger partial charge < -0.3 is 15.4 Å². The lowest BCUT2D eigenvalue weighted by Gasteiger charge is -2.38. The summed E-state index contributed by atoms with van der Waals surface area (Å²) in [4.78, 5) is 17.7. The van der Waals surface area contributed by atoms with Crippen molar-refractivity contribution in [2.24, 2.45) is 5.92 Å². The Labute approximate surface area is 337 Å². The number of pyridine rings is 1. The minimum atomic E-state index is -2.44. The van der Waals surface area contributed by atoms with Crippen molar-refractivity contribution in [2.75, 3.05) is 30.3 Å². The van der Waals surface area contributed by atoms with Crippen LogP contribution in [0.5, 0.6) is 6.01 Å². The molecule has 1 aliphatic carbocycles. The number of ether oxygens (including phenoxy) is 1. The zero-order chi connectivity index (χ0) is 41.6. The first-order valence-corrected chi connectivity index (χ1v) is 23.0. The van der Waals surface area contributed by atoms with Crippen LogP contribution in [0, 0.1) is 23.2 Å². The summed E-state index contributed by atoms with van der Waals surface area (Å²) >= 11 is 6.98. The molecule has 1 saturated carbocycles. The number of fused-ring (bicyclic) bond motifs is 4. The highest BCUT2D eigenvalue weighted by Gasteiger charge is 2.56. The molecule has 3 saturated heterocycles. The van der Waals surface area contributed by atoms with Crippen LogP contribution in [-0.2, 0) is 0 Å². The maximum absolute atomic E-state index is 17.6. The summed E-state index contributed by atoms with van der Waals surface area (Å²) in [5.74, 6) is 2.77. The number of nitrogens with zero attached hydrogens (tertiary/aromatic N) is 5. The number of hydrogen-bond acceptors (Lipinski definition) is 7. The average Bonchev–Trinajstić information content (AvgIpc) is 3.56. The normalized spacial score (nSPS) is 27.3. The molecular formula is C44H54ClF3N6OSi. The molecule has 56 heavy (non-hydrogen) atoms. The van der Waals surface area contributed by atoms with Crippen LogP contribution in [0.1, 0.15) is 95.3 Å². The van der Waals surface area contributed by atoms with Crippen LogP contribution in [0.25, 0.3) is 32.9 Å². The third-order valence-electron chi connectivity index (χ3n) is 13.5. The van der Waals surface area contributed by atoms with Crippen molar-refractivity contribution in [2.45, 2.75) is 134 Å². The number of alkyl halides is 2. The molecule has 8 rings (SSSR count). The van der Waals surface area contributed by atoms with Gasteiger partial charge in [-0.25, -0.2) is 13.2 Å². The average molecular weight is 806 g/mol. The molecule has 4 aromatic rings. The van der Waals surface area contributed by atoms with Crippen molar-refractivity contribution < 1.29 is 20.6 Å². The highest BCUT2D eigenvalue weighted by atomic mass is 35.5. The van der Waals surface area contributed by atoms with Crippen LogP contribution in [0.4, 0.5) is 24.7 Å². The standard InChI is InChI=1S/C44H54ClF3N6OSi/c1-24(2)56(25(3)4,26(5)6)18-14-30-34(45)13-12-28-19-29(49)20-32(36(28)30)39-38(48)40-33(22-50-39)42(53-16-9-8-11-31-37(47)41(31)53)52-43(51-40)55-23-44-15-10-17-54(44)27(7)35(46)21-44/h12-13,19-20,22,24-27,31,35,37,41H,8-11,15-17,21,23,49H2,1-7H3/t27-,31+,35-,37+,41+,44+/m1/s1/i23D2. The van der Waals surface area contributed by atoms with E-state index in [9.17, 15) is 2.74 Å². The summed E-state index contributed by atoms with van der Waals surface area (Å²) in [6.07, 6.45) is 2.57. The first-order chi connectivity index (χ1) is 27.4. The molecule has 298 valence electrons. The molecule has 4 aliphatic rings. The summed E-state index contributed by atoms with van der Waals surface area (Å²) in [6.45, 7) is 13.8. The Morgan fingerprint density at radius 3 is 2.55 bits per heavy atom. The number of aromatic nitrogens is 3. The minimum absolute atomic E-state index is 0.0468. The van der Waals surface area contributed by atoms with Gasteiger partial charge in [-0.2, -0.15) is 9.97 Å². The van der Waals surface area contributed by atoms with Crippen molar-refractivity contribution in [1.82, 2.24) is 19.9 Å². The Kier molecular flexibility index (Phi) is 9.61. The number of benzene rings is 2. The zero-order valence-electron chi connectivity index (χ0n) is 35.4. The molecule has 0 spiro atoms. The maximum Gasteiger partial charge on any atom is 0.319 e. The van der Waals surface area contributed by atoms with Gasteiger partial charge in [-0.05, 0) is 79.4 Å². The summed E-state index contributed by atoms with van der Waals surface area (Å²) in [5.41, 5.74) is 11.2. The number of nitrogens with two attached hydrogens (primary N) is 1. The molecule has 6 atom stereocenters. The van der Waals surface area contributed by atoms with Crippen molar-refractivity contribution in [3.05, 3.63) is 46.9 Å². The highest BCUT2D eigenvalue weighted by molar-refractivity contribution is 6.90. The predicted molar refractivity (Wildman–Crippen MR) is 224 cm³/mol. The summed E-state index contributed by atoms with van der Waals surface area (Å²) < 4.78 is 72.9. The van der Waals surface area contributed by atoms with E-state index in [1.807, 2.05) is 21.9 Å². The Balaban J connectivity index is 1.33. The number of anilines is 2. The molecule has 2 aromatic heterocycles. The second kappa shape index (κ2) is 14.7. The van der Waals surface area contributed by atoms with Gasteiger partial charge in [0.1, 0.15) is 44.0 Å². The zero-order valence-corrected chi connectivity index (χ0v) is 35.2. The topological polar surface area (TPSA) is 80.4 Å². The molecule has 5 heterocycles. The third-order valence-corrected chi connectivity index (χ3v) is 20.1. The van der Waals surface area contributed by atoms with Gasteiger partial charge in [0.25, 0.3) is 0 Å². The van der Waals surface area contributed by atoms with Crippen LogP contribution < -0.4 is 15.4 Å². The molecule has 2 aromatic carbocycles. The number of rotatable bonds is 8. The van der Waals surface area contributed by atoms with E-state index in [2.05, 4.69) is 58.0 Å². The molecule has 0 bridgehead atoms. The Hall–Kier alpha value is -3.59. The number of nitrogen functional groups attached to an aromatic ring is 1. The fourth-order valence-electron chi connectivity index (χ4n) is 10.6. The van der Waals surface area contributed by atoms with E-state index in [-0.39, 0.29) is 34.8 Å². The smallest absolute Gasteiger partial charge is 0.319 e. The minimum Gasteiger partial charge on any atom is -0.461 e. The van der Waals surface area contributed by atoms with Gasteiger partial charge in [0.2, 0.25) is 0 Å². The fourth-order valence-corrected chi connectivity index (χ4v) is 16.1. The SMILES string of the molecule is [2H]C([2H])(Oc1nc(N2CCCC[C@H]3[C@H](F)[C@H]32)c2cnc(-c3cc(N)cc4ccc(Cl)c(C#C[Si](C(C)C)(C(C)C)C(C)C)c34)c(F)c2n1)[C@@]12CCCN1[C@H](C)[C@H](F)C2. The van der Waals surface area contributed by atoms with E-state index >= 15 is 13.2 Å². The van der Waals surface area contributed by atoms with E-state index in [1.54, 1.807) is 19.1 Å². The maximum atomic E-state index is 17.6. The van der Waals surface area contributed by atoms with Gasteiger partial charge >= 0.3 is 6.01 Å². The van der Waals surface area contributed by atoms with E-state index in [0.29, 0.717) is 75.2 Å². The Morgan fingerprint density at radius 2 is 1.82 bits per heavy atom.